The fraction of sp³-hybridized carbons (Fsp3) is 0.167. The number of rotatable bonds is 2. The van der Waals surface area contributed by atoms with Crippen LogP contribution in [0.25, 0.3) is 11.2 Å². The highest BCUT2D eigenvalue weighted by Gasteiger charge is 1.99. The standard InChI is InChI=1S/C6H8N6/c7-9-3-4-1-5-6(8-2-4)11-12-10-5/h1-2,9H,3,7H2,(H,8,10,11,12). The smallest absolute Gasteiger partial charge is 0.201 e. The molecule has 6 heteroatoms. The SMILES string of the molecule is NNCc1cnc2n[nH]nc2c1. The van der Waals surface area contributed by atoms with Crippen molar-refractivity contribution in [1.82, 2.24) is 25.8 Å². The molecule has 0 aliphatic rings. The maximum atomic E-state index is 5.16. The van der Waals surface area contributed by atoms with E-state index in [2.05, 4.69) is 25.8 Å². The molecule has 0 atom stereocenters. The van der Waals surface area contributed by atoms with Crippen molar-refractivity contribution in [3.63, 3.8) is 0 Å². The van der Waals surface area contributed by atoms with Gasteiger partial charge in [-0.15, -0.1) is 5.10 Å². The Bertz CT molecular complexity index is 380. The van der Waals surface area contributed by atoms with Gasteiger partial charge in [-0.2, -0.15) is 10.3 Å². The molecule has 2 aromatic rings. The molecule has 62 valence electrons. The minimum Gasteiger partial charge on any atom is -0.271 e. The van der Waals surface area contributed by atoms with Crippen molar-refractivity contribution in [1.29, 1.82) is 0 Å². The molecule has 2 aromatic heterocycles. The average molecular weight is 164 g/mol. The lowest BCUT2D eigenvalue weighted by atomic mass is 10.3. The third kappa shape index (κ3) is 1.13. The summed E-state index contributed by atoms with van der Waals surface area (Å²) in [6.45, 7) is 0.579. The summed E-state index contributed by atoms with van der Waals surface area (Å²) in [6, 6.07) is 1.88. The van der Waals surface area contributed by atoms with Crippen LogP contribution in [0.5, 0.6) is 0 Å². The Morgan fingerprint density at radius 1 is 1.50 bits per heavy atom. The number of hydrogen-bond donors (Lipinski definition) is 3. The van der Waals surface area contributed by atoms with Crippen molar-refractivity contribution < 1.29 is 0 Å². The van der Waals surface area contributed by atoms with E-state index < -0.39 is 0 Å². The number of H-pyrrole nitrogens is 1. The number of aromatic nitrogens is 4. The van der Waals surface area contributed by atoms with Gasteiger partial charge in [0.15, 0.2) is 0 Å². The Labute approximate surface area is 68.1 Å². The fourth-order valence-electron chi connectivity index (χ4n) is 0.997. The summed E-state index contributed by atoms with van der Waals surface area (Å²) in [5.74, 6) is 5.16. The van der Waals surface area contributed by atoms with Crippen molar-refractivity contribution in [2.24, 2.45) is 5.84 Å². The van der Waals surface area contributed by atoms with Gasteiger partial charge in [0.25, 0.3) is 0 Å². The molecule has 0 fully saturated rings. The van der Waals surface area contributed by atoms with Gasteiger partial charge in [0.05, 0.1) is 0 Å². The molecule has 12 heavy (non-hydrogen) atoms. The molecule has 0 amide bonds. The summed E-state index contributed by atoms with van der Waals surface area (Å²) in [7, 11) is 0. The van der Waals surface area contributed by atoms with Crippen molar-refractivity contribution in [3.05, 3.63) is 17.8 Å². The summed E-state index contributed by atoms with van der Waals surface area (Å²) in [6.07, 6.45) is 1.71. The van der Waals surface area contributed by atoms with E-state index in [1.54, 1.807) is 6.20 Å². The monoisotopic (exact) mass is 164 g/mol. The van der Waals surface area contributed by atoms with Crippen LogP contribution in [0.1, 0.15) is 5.56 Å². The van der Waals surface area contributed by atoms with Gasteiger partial charge >= 0.3 is 0 Å². The van der Waals surface area contributed by atoms with Gasteiger partial charge in [0, 0.05) is 12.7 Å². The van der Waals surface area contributed by atoms with Gasteiger partial charge < -0.3 is 0 Å². The lowest BCUT2D eigenvalue weighted by molar-refractivity contribution is 0.739. The second kappa shape index (κ2) is 2.84. The first-order valence-corrected chi connectivity index (χ1v) is 3.49. The Morgan fingerprint density at radius 2 is 2.42 bits per heavy atom. The number of nitrogens with one attached hydrogen (secondary N) is 2. The Kier molecular flexibility index (Phi) is 1.69. The highest BCUT2D eigenvalue weighted by atomic mass is 15.3. The first-order chi connectivity index (χ1) is 5.90. The minimum atomic E-state index is 0.579. The lowest BCUT2D eigenvalue weighted by Crippen LogP contribution is -2.20. The van der Waals surface area contributed by atoms with E-state index in [4.69, 9.17) is 5.84 Å². The van der Waals surface area contributed by atoms with E-state index in [-0.39, 0.29) is 0 Å². The molecule has 6 nitrogen and oxygen atoms in total. The van der Waals surface area contributed by atoms with E-state index in [0.29, 0.717) is 12.2 Å². The number of hydrazine groups is 1. The Hall–Kier alpha value is -1.53. The highest BCUT2D eigenvalue weighted by molar-refractivity contribution is 5.68. The molecule has 0 unspecified atom stereocenters. The number of nitrogens with two attached hydrogens (primary N) is 1. The molecular weight excluding hydrogens is 156 g/mol. The predicted octanol–water partition coefficient (Wildman–Crippen LogP) is -0.684. The molecule has 4 N–H and O–H groups in total. The van der Waals surface area contributed by atoms with Crippen molar-refractivity contribution >= 4 is 11.2 Å². The third-order valence-corrected chi connectivity index (χ3v) is 1.54. The maximum Gasteiger partial charge on any atom is 0.201 e. The van der Waals surface area contributed by atoms with Crippen LogP contribution < -0.4 is 11.3 Å². The van der Waals surface area contributed by atoms with Crippen molar-refractivity contribution in [2.75, 3.05) is 0 Å². The van der Waals surface area contributed by atoms with Gasteiger partial charge in [0.1, 0.15) is 5.52 Å². The second-order valence-electron chi connectivity index (χ2n) is 2.39. The van der Waals surface area contributed by atoms with Gasteiger partial charge in [-0.3, -0.25) is 11.3 Å². The molecule has 0 aliphatic heterocycles. The van der Waals surface area contributed by atoms with Gasteiger partial charge in [-0.25, -0.2) is 4.98 Å². The summed E-state index contributed by atoms with van der Waals surface area (Å²) in [5, 5.41) is 10.2. The van der Waals surface area contributed by atoms with Crippen molar-refractivity contribution in [2.45, 2.75) is 6.54 Å². The molecule has 0 saturated heterocycles. The largest absolute Gasteiger partial charge is 0.271 e. The quantitative estimate of drug-likeness (QED) is 0.404. The second-order valence-corrected chi connectivity index (χ2v) is 2.39. The summed E-state index contributed by atoms with van der Waals surface area (Å²) < 4.78 is 0. The molecule has 2 heterocycles. The van der Waals surface area contributed by atoms with Crippen LogP contribution in [0.4, 0.5) is 0 Å². The van der Waals surface area contributed by atoms with Gasteiger partial charge in [-0.1, -0.05) is 0 Å². The number of nitrogens with zero attached hydrogens (tertiary/aromatic N) is 3. The van der Waals surface area contributed by atoms with Crippen LogP contribution >= 0.6 is 0 Å². The van der Waals surface area contributed by atoms with E-state index in [1.165, 1.54) is 0 Å². The van der Waals surface area contributed by atoms with Crippen molar-refractivity contribution in [3.8, 4) is 0 Å². The first kappa shape index (κ1) is 7.14. The van der Waals surface area contributed by atoms with E-state index in [0.717, 1.165) is 11.1 Å². The number of aromatic amines is 1. The van der Waals surface area contributed by atoms with Crippen LogP contribution in [0.15, 0.2) is 12.3 Å². The fourth-order valence-corrected chi connectivity index (χ4v) is 0.997. The summed E-state index contributed by atoms with van der Waals surface area (Å²) >= 11 is 0. The Balaban J connectivity index is 2.46. The van der Waals surface area contributed by atoms with E-state index in [9.17, 15) is 0 Å². The van der Waals surface area contributed by atoms with Gasteiger partial charge in [-0.05, 0) is 11.6 Å². The lowest BCUT2D eigenvalue weighted by Gasteiger charge is -1.96. The first-order valence-electron chi connectivity index (χ1n) is 3.49. The highest BCUT2D eigenvalue weighted by Crippen LogP contribution is 2.05. The van der Waals surface area contributed by atoms with E-state index >= 15 is 0 Å². The molecule has 0 saturated carbocycles. The van der Waals surface area contributed by atoms with Crippen LogP contribution in [0.3, 0.4) is 0 Å². The van der Waals surface area contributed by atoms with E-state index in [1.807, 2.05) is 6.07 Å². The van der Waals surface area contributed by atoms with Gasteiger partial charge in [0.2, 0.25) is 5.65 Å². The maximum absolute atomic E-state index is 5.16. The molecular formula is C6H8N6. The summed E-state index contributed by atoms with van der Waals surface area (Å²) in [4.78, 5) is 4.06. The van der Waals surface area contributed by atoms with Crippen LogP contribution in [0.2, 0.25) is 0 Å². The third-order valence-electron chi connectivity index (χ3n) is 1.54. The number of hydrogen-bond acceptors (Lipinski definition) is 5. The topological polar surface area (TPSA) is 92.5 Å². The zero-order valence-electron chi connectivity index (χ0n) is 6.28. The molecule has 0 spiro atoms. The minimum absolute atomic E-state index is 0.579. The molecule has 0 radical (unpaired) electrons. The predicted molar refractivity (Wildman–Crippen MR) is 42.7 cm³/mol. The molecule has 2 rings (SSSR count). The summed E-state index contributed by atoms with van der Waals surface area (Å²) in [5.41, 5.74) is 4.90. The zero-order chi connectivity index (χ0) is 8.39. The van der Waals surface area contributed by atoms with Crippen LogP contribution in [-0.4, -0.2) is 20.4 Å². The zero-order valence-corrected chi connectivity index (χ0v) is 6.28. The molecule has 0 aliphatic carbocycles. The number of fused-ring (bicyclic) bond motifs is 1. The normalized spacial score (nSPS) is 10.8. The number of pyridine rings is 1. The molecule has 0 aromatic carbocycles. The molecule has 0 bridgehead atoms. The van der Waals surface area contributed by atoms with Crippen LogP contribution in [0, 0.1) is 0 Å². The Morgan fingerprint density at radius 3 is 3.25 bits per heavy atom. The average Bonchev–Trinajstić information content (AvgIpc) is 2.51. The van der Waals surface area contributed by atoms with Crippen LogP contribution in [-0.2, 0) is 6.54 Å².